The maximum Gasteiger partial charge on any atom is 0.417 e. The summed E-state index contributed by atoms with van der Waals surface area (Å²) in [6.07, 6.45) is 4.34. The van der Waals surface area contributed by atoms with Crippen LogP contribution in [0.15, 0.2) is 18.2 Å². The Morgan fingerprint density at radius 2 is 1.26 bits per heavy atom. The number of amides is 11. The van der Waals surface area contributed by atoms with Crippen LogP contribution in [0, 0.1) is 23.7 Å². The second-order valence-corrected chi connectivity index (χ2v) is 27.8. The van der Waals surface area contributed by atoms with Crippen LogP contribution in [-0.4, -0.2) is 228 Å². The monoisotopic (exact) mass is 1320 g/mol. The number of carbonyl (C=O) groups is 11. The summed E-state index contributed by atoms with van der Waals surface area (Å²) in [4.78, 5) is 171. The zero-order valence-corrected chi connectivity index (χ0v) is 56.9. The maximum absolute atomic E-state index is 15.2. The molecule has 2 saturated heterocycles. The molecule has 2 heterocycles. The van der Waals surface area contributed by atoms with Crippen molar-refractivity contribution < 1.29 is 65.9 Å². The third-order valence-corrected chi connectivity index (χ3v) is 20.5. The molecule has 5 fully saturated rings. The predicted molar refractivity (Wildman–Crippen MR) is 340 cm³/mol. The summed E-state index contributed by atoms with van der Waals surface area (Å²) < 4.78 is 41.4. The second-order valence-electron chi connectivity index (χ2n) is 27.4. The number of hydrogen-bond donors (Lipinski definition) is 3. The molecule has 6 rings (SSSR count). The highest BCUT2D eigenvalue weighted by molar-refractivity contribution is 6.31. The number of fused-ring (bicyclic) bond motifs is 1. The average molecular weight is 1320 g/mol. The number of halogens is 4. The lowest BCUT2D eigenvalue weighted by molar-refractivity contribution is -0.154. The summed E-state index contributed by atoms with van der Waals surface area (Å²) in [7, 11) is 10.2. The Bertz CT molecular complexity index is 2850. The molecule has 22 nitrogen and oxygen atoms in total. The van der Waals surface area contributed by atoms with Crippen molar-refractivity contribution in [2.45, 2.75) is 217 Å². The van der Waals surface area contributed by atoms with Crippen LogP contribution in [-0.2, 0) is 65.3 Å². The van der Waals surface area contributed by atoms with Gasteiger partial charge in [-0.15, -0.1) is 0 Å². The van der Waals surface area contributed by atoms with E-state index in [0.717, 1.165) is 60.5 Å². The Morgan fingerprint density at radius 1 is 0.641 bits per heavy atom. The van der Waals surface area contributed by atoms with Crippen LogP contribution < -0.4 is 16.0 Å². The molecule has 92 heavy (non-hydrogen) atoms. The summed E-state index contributed by atoms with van der Waals surface area (Å²) in [6, 6.07) is -4.34. The van der Waals surface area contributed by atoms with Crippen molar-refractivity contribution in [3.05, 3.63) is 34.3 Å². The lowest BCUT2D eigenvalue weighted by Crippen LogP contribution is -2.65. The molecule has 3 aliphatic carbocycles. The first-order valence-corrected chi connectivity index (χ1v) is 33.5. The van der Waals surface area contributed by atoms with Crippen LogP contribution in [0.2, 0.25) is 5.02 Å². The van der Waals surface area contributed by atoms with Crippen LogP contribution >= 0.6 is 11.6 Å². The molecular formula is C66H101ClF3N11O11. The summed E-state index contributed by atoms with van der Waals surface area (Å²) >= 11 is 6.13. The van der Waals surface area contributed by atoms with Gasteiger partial charge in [-0.3, -0.25) is 52.7 Å². The molecule has 8 atom stereocenters. The number of likely N-dealkylation sites (N-methyl/N-ethyl adjacent to an activating group) is 7. The number of alkyl halides is 3. The largest absolute Gasteiger partial charge is 0.417 e. The molecule has 5 aliphatic rings. The van der Waals surface area contributed by atoms with Crippen molar-refractivity contribution in [3.63, 3.8) is 0 Å². The van der Waals surface area contributed by atoms with Gasteiger partial charge in [-0.1, -0.05) is 103 Å². The molecule has 0 bridgehead atoms. The fourth-order valence-corrected chi connectivity index (χ4v) is 14.0. The van der Waals surface area contributed by atoms with E-state index in [1.54, 1.807) is 27.9 Å². The molecule has 0 aromatic heterocycles. The molecule has 3 N–H and O–H groups in total. The van der Waals surface area contributed by atoms with Crippen molar-refractivity contribution in [3.8, 4) is 0 Å². The van der Waals surface area contributed by atoms with Gasteiger partial charge in [0.2, 0.25) is 65.0 Å². The normalized spacial score (nSPS) is 27.0. The lowest BCUT2D eigenvalue weighted by Gasteiger charge is -2.44. The van der Waals surface area contributed by atoms with E-state index in [1.165, 1.54) is 70.7 Å². The van der Waals surface area contributed by atoms with E-state index < -0.39 is 155 Å². The Hall–Kier alpha value is -6.53. The van der Waals surface area contributed by atoms with Crippen molar-refractivity contribution >= 4 is 76.6 Å². The minimum Gasteiger partial charge on any atom is -0.343 e. The Labute approximate surface area is 546 Å². The van der Waals surface area contributed by atoms with Gasteiger partial charge in [0.25, 0.3) is 0 Å². The molecule has 0 unspecified atom stereocenters. The number of carbonyl (C=O) groups excluding carboxylic acids is 11. The third-order valence-electron chi connectivity index (χ3n) is 20.2. The number of benzene rings is 1. The summed E-state index contributed by atoms with van der Waals surface area (Å²) in [6.45, 7) is 7.60. The van der Waals surface area contributed by atoms with E-state index in [-0.39, 0.29) is 75.7 Å². The highest BCUT2D eigenvalue weighted by Crippen LogP contribution is 2.39. The van der Waals surface area contributed by atoms with E-state index in [9.17, 15) is 56.3 Å². The van der Waals surface area contributed by atoms with Crippen LogP contribution in [0.1, 0.15) is 168 Å². The SMILES string of the molecule is CC[C@H](C)[C@@H]1NC(=O)[C@H](CC(C)C)N(C)C(=O)C[C@@H](C)N(C)C(=O)[C@H](C2CCC2)N(C)C(=O)C2(CCCC2)NC(=O)[C@@H]2CCCN2C(=O)[C@H](CCc2ccc(C(F)(F)F)c(Cl)c2)NC(=O)CN(C)C(=O)[C@H](CC2CCCCC2)N(C)C(=O)CN(C)C(=O)CN(C)C1=O. The fraction of sp³-hybridized carbons (Fsp3) is 0.742. The highest BCUT2D eigenvalue weighted by atomic mass is 35.5. The summed E-state index contributed by atoms with van der Waals surface area (Å²) in [5, 5.41) is 8.16. The fourth-order valence-electron chi connectivity index (χ4n) is 13.7. The smallest absolute Gasteiger partial charge is 0.343 e. The molecule has 1 spiro atoms. The highest BCUT2D eigenvalue weighted by Gasteiger charge is 2.51. The molecule has 26 heteroatoms. The molecule has 11 amide bonds. The molecule has 514 valence electrons. The quantitative estimate of drug-likeness (QED) is 0.258. The Kier molecular flexibility index (Phi) is 26.4. The van der Waals surface area contributed by atoms with Crippen molar-refractivity contribution in [2.24, 2.45) is 23.7 Å². The van der Waals surface area contributed by atoms with Gasteiger partial charge < -0.3 is 55.1 Å². The van der Waals surface area contributed by atoms with E-state index in [2.05, 4.69) is 16.0 Å². The minimum atomic E-state index is -4.74. The molecule has 2 aliphatic heterocycles. The summed E-state index contributed by atoms with van der Waals surface area (Å²) in [5.41, 5.74) is -2.22. The lowest BCUT2D eigenvalue weighted by atomic mass is 9.78. The molecule has 1 aromatic carbocycles. The predicted octanol–water partition coefficient (Wildman–Crippen LogP) is 5.65. The third kappa shape index (κ3) is 18.4. The minimum absolute atomic E-state index is 0.0357. The number of rotatable bonds is 10. The van der Waals surface area contributed by atoms with Crippen LogP contribution in [0.3, 0.4) is 0 Å². The standard InChI is InChI=1S/C66H101ClF3N11O11/c1-13-41(4)56-62(90)76(8)38-54(84)74(6)39-55(85)79(11)51(36-43-21-15-14-16-22-43)61(89)75(7)37-52(82)71-48(29-27-44-26-28-46(47(67)35-44)66(68,69)70)60(88)81-32-20-25-49(81)59(87)73-65(30-17-18-31-65)64(92)80(12)57(45-23-19-24-45)63(91)77(9)42(5)34-53(83)78(10)50(33-40(2)3)58(86)72-56/h26,28,35,40-43,45,48-51,56-57H,13-25,27,29-34,36-39H2,1-12H3,(H,71,82)(H,72,86)(H,73,87)/t41-,42+,48-,49-,50-,51-,56-,57-/m0/s1. The molecule has 1 aromatic rings. The molecule has 3 saturated carbocycles. The first-order valence-electron chi connectivity index (χ1n) is 33.1. The second kappa shape index (κ2) is 32.5. The first-order chi connectivity index (χ1) is 43.2. The van der Waals surface area contributed by atoms with Crippen molar-refractivity contribution in [1.29, 1.82) is 0 Å². The van der Waals surface area contributed by atoms with Gasteiger partial charge >= 0.3 is 6.18 Å². The van der Waals surface area contributed by atoms with E-state index in [0.29, 0.717) is 44.1 Å². The number of nitrogens with zero attached hydrogens (tertiary/aromatic N) is 8. The van der Waals surface area contributed by atoms with Crippen LogP contribution in [0.5, 0.6) is 0 Å². The molecular weight excluding hydrogens is 1220 g/mol. The average Bonchev–Trinajstić information content (AvgIpc) is 1.07. The van der Waals surface area contributed by atoms with E-state index in [1.807, 2.05) is 20.8 Å². The van der Waals surface area contributed by atoms with E-state index >= 15 is 9.59 Å². The Balaban J connectivity index is 1.37. The van der Waals surface area contributed by atoms with Crippen molar-refractivity contribution in [1.82, 2.24) is 55.1 Å². The number of aryl methyl sites for hydroxylation is 1. The zero-order valence-electron chi connectivity index (χ0n) is 56.1. The van der Waals surface area contributed by atoms with Gasteiger partial charge in [0.05, 0.1) is 30.2 Å². The van der Waals surface area contributed by atoms with Crippen molar-refractivity contribution in [2.75, 3.05) is 75.5 Å². The maximum atomic E-state index is 15.2. The number of nitrogens with one attached hydrogen (secondary N) is 3. The number of hydrogen-bond acceptors (Lipinski definition) is 11. The van der Waals surface area contributed by atoms with E-state index in [4.69, 9.17) is 11.6 Å². The zero-order chi connectivity index (χ0) is 68.3. The molecule has 0 radical (unpaired) electrons. The van der Waals surface area contributed by atoms with Gasteiger partial charge in [0.15, 0.2) is 0 Å². The first kappa shape index (κ1) is 74.5. The topological polar surface area (TPSA) is 250 Å². The van der Waals surface area contributed by atoms with Gasteiger partial charge in [-0.25, -0.2) is 0 Å². The van der Waals surface area contributed by atoms with Gasteiger partial charge in [0.1, 0.15) is 41.8 Å². The van der Waals surface area contributed by atoms with Crippen LogP contribution in [0.4, 0.5) is 13.2 Å². The van der Waals surface area contributed by atoms with Crippen LogP contribution in [0.25, 0.3) is 0 Å². The van der Waals surface area contributed by atoms with Gasteiger partial charge in [-0.2, -0.15) is 13.2 Å². The summed E-state index contributed by atoms with van der Waals surface area (Å²) in [5.74, 6) is -7.24. The Morgan fingerprint density at radius 3 is 1.85 bits per heavy atom. The van der Waals surface area contributed by atoms with Gasteiger partial charge in [-0.05, 0) is 112 Å². The van der Waals surface area contributed by atoms with Gasteiger partial charge in [0, 0.05) is 68.3 Å².